The third-order valence-electron chi connectivity index (χ3n) is 2.59. The molecular weight excluding hydrogens is 397 g/mol. The molecule has 0 bridgehead atoms. The van der Waals surface area contributed by atoms with Crippen molar-refractivity contribution < 1.29 is 9.47 Å². The zero-order valence-corrected chi connectivity index (χ0v) is 16.8. The van der Waals surface area contributed by atoms with E-state index in [0.717, 1.165) is 28.2 Å². The Morgan fingerprint density at radius 3 is 1.43 bits per heavy atom. The van der Waals surface area contributed by atoms with Gasteiger partial charge in [0.05, 0.1) is 14.2 Å². The van der Waals surface area contributed by atoms with Crippen LogP contribution in [0.2, 0.25) is 0 Å². The highest BCUT2D eigenvalue weighted by atomic mass is 35.6. The number of thioether (sulfide) groups is 2. The normalized spacial score (nSPS) is 10.5. The monoisotopic (exact) mass is 412 g/mol. The highest BCUT2D eigenvalue weighted by Crippen LogP contribution is 2.43. The number of hydrogen-bond donors (Lipinski definition) is 0. The molecule has 0 amide bonds. The van der Waals surface area contributed by atoms with Crippen LogP contribution in [0.4, 0.5) is 0 Å². The lowest BCUT2D eigenvalue weighted by Gasteiger charge is -2.09. The number of alkyl halides is 3. The topological polar surface area (TPSA) is 18.5 Å². The van der Waals surface area contributed by atoms with Gasteiger partial charge in [-0.05, 0) is 54.8 Å². The van der Waals surface area contributed by atoms with Crippen molar-refractivity contribution in [3.8, 4) is 11.5 Å². The maximum absolute atomic E-state index is 5.60. The van der Waals surface area contributed by atoms with Crippen LogP contribution in [0.25, 0.3) is 0 Å². The van der Waals surface area contributed by atoms with Gasteiger partial charge in [-0.3, -0.25) is 0 Å². The highest BCUT2D eigenvalue weighted by Gasteiger charge is 2.20. The Morgan fingerprint density at radius 1 is 0.739 bits per heavy atom. The van der Waals surface area contributed by atoms with Gasteiger partial charge >= 0.3 is 0 Å². The van der Waals surface area contributed by atoms with E-state index < -0.39 is 3.12 Å². The van der Waals surface area contributed by atoms with Gasteiger partial charge in [-0.15, -0.1) is 11.8 Å². The van der Waals surface area contributed by atoms with Gasteiger partial charge in [0, 0.05) is 9.79 Å². The lowest BCUT2D eigenvalue weighted by atomic mass is 10.3. The van der Waals surface area contributed by atoms with E-state index in [-0.39, 0.29) is 0 Å². The standard InChI is InChI=1S/C8H7Cl3OS.C8H10OS/c1-12-6-2-4-7(5-3-6)13-8(9,10)11;1-9-7-3-5-8(10-2)6-4-7/h2-5H,1H3;3-6H,1-2H3/i8+1;2+1. The third kappa shape index (κ3) is 8.87. The smallest absolute Gasteiger partial charge is 0.241 e. The number of hydrogen-bond acceptors (Lipinski definition) is 4. The summed E-state index contributed by atoms with van der Waals surface area (Å²) in [5.41, 5.74) is 0. The summed E-state index contributed by atoms with van der Waals surface area (Å²) in [6.45, 7) is 0. The van der Waals surface area contributed by atoms with E-state index in [0.29, 0.717) is 0 Å². The lowest BCUT2D eigenvalue weighted by Crippen LogP contribution is -1.92. The fourth-order valence-electron chi connectivity index (χ4n) is 1.49. The van der Waals surface area contributed by atoms with Crippen molar-refractivity contribution in [3.05, 3.63) is 48.5 Å². The lowest BCUT2D eigenvalue weighted by molar-refractivity contribution is 0.414. The summed E-state index contributed by atoms with van der Waals surface area (Å²) in [6, 6.07) is 15.3. The van der Waals surface area contributed by atoms with Gasteiger partial charge in [-0.25, -0.2) is 0 Å². The predicted molar refractivity (Wildman–Crippen MR) is 104 cm³/mol. The molecule has 0 radical (unpaired) electrons. The molecule has 0 spiro atoms. The second-order valence-electron chi connectivity index (χ2n) is 4.10. The Bertz CT molecular complexity index is 546. The largest absolute Gasteiger partial charge is 0.497 e. The molecule has 0 aliphatic heterocycles. The van der Waals surface area contributed by atoms with Crippen LogP contribution in [0, 0.1) is 0 Å². The molecule has 0 N–H and O–H groups in total. The average molecular weight is 414 g/mol. The SMILES string of the molecule is COc1ccc(S[13CH3])cc1.COc1ccc(S[13C](Cl)(Cl)Cl)cc1. The molecule has 0 heterocycles. The molecule has 7 heteroatoms. The van der Waals surface area contributed by atoms with Crippen molar-refractivity contribution in [2.24, 2.45) is 0 Å². The Hall–Kier alpha value is -0.390. The van der Waals surface area contributed by atoms with Crippen LogP contribution in [0.5, 0.6) is 11.5 Å². The van der Waals surface area contributed by atoms with Crippen LogP contribution in [0.3, 0.4) is 0 Å². The van der Waals surface area contributed by atoms with Crippen molar-refractivity contribution in [1.29, 1.82) is 0 Å². The second kappa shape index (κ2) is 10.5. The molecule has 2 rings (SSSR count). The summed E-state index contributed by atoms with van der Waals surface area (Å²) in [5, 5.41) is 0. The summed E-state index contributed by atoms with van der Waals surface area (Å²) >= 11 is 19.7. The van der Waals surface area contributed by atoms with Crippen molar-refractivity contribution in [2.45, 2.75) is 12.9 Å². The summed E-state index contributed by atoms with van der Waals surface area (Å²) in [4.78, 5) is 2.15. The van der Waals surface area contributed by atoms with Gasteiger partial charge in [-0.1, -0.05) is 46.6 Å². The van der Waals surface area contributed by atoms with Crippen LogP contribution in [0.1, 0.15) is 0 Å². The molecule has 0 atom stereocenters. The zero-order chi connectivity index (χ0) is 17.3. The summed E-state index contributed by atoms with van der Waals surface area (Å²) in [6.07, 6.45) is 2.06. The van der Waals surface area contributed by atoms with Gasteiger partial charge in [0.25, 0.3) is 0 Å². The van der Waals surface area contributed by atoms with E-state index in [4.69, 9.17) is 44.3 Å². The van der Waals surface area contributed by atoms with Crippen LogP contribution in [-0.2, 0) is 0 Å². The van der Waals surface area contributed by atoms with Crippen LogP contribution >= 0.6 is 58.3 Å². The Labute approximate surface area is 160 Å². The summed E-state index contributed by atoms with van der Waals surface area (Å²) < 4.78 is 8.68. The first-order valence-electron chi connectivity index (χ1n) is 6.46. The van der Waals surface area contributed by atoms with E-state index in [1.807, 2.05) is 48.5 Å². The van der Waals surface area contributed by atoms with E-state index in [1.54, 1.807) is 26.0 Å². The number of benzene rings is 2. The molecule has 0 unspecified atom stereocenters. The van der Waals surface area contributed by atoms with E-state index in [1.165, 1.54) is 4.90 Å². The van der Waals surface area contributed by atoms with Gasteiger partial charge in [0.2, 0.25) is 3.12 Å². The van der Waals surface area contributed by atoms with Crippen molar-refractivity contribution in [2.75, 3.05) is 20.5 Å². The predicted octanol–water partition coefficient (Wildman–Crippen LogP) is 6.53. The molecule has 2 aromatic rings. The van der Waals surface area contributed by atoms with Crippen LogP contribution in [-0.4, -0.2) is 23.6 Å². The van der Waals surface area contributed by atoms with Crippen molar-refractivity contribution >= 4 is 58.3 Å². The van der Waals surface area contributed by atoms with Gasteiger partial charge < -0.3 is 9.47 Å². The van der Waals surface area contributed by atoms with E-state index >= 15 is 0 Å². The Balaban J connectivity index is 0.000000238. The fourth-order valence-corrected chi connectivity index (χ4v) is 3.24. The van der Waals surface area contributed by atoms with Crippen molar-refractivity contribution in [3.63, 3.8) is 0 Å². The molecule has 0 aliphatic rings. The number of halogens is 3. The molecule has 0 fully saturated rings. The van der Waals surface area contributed by atoms with E-state index in [9.17, 15) is 0 Å². The van der Waals surface area contributed by atoms with Crippen LogP contribution in [0.15, 0.2) is 58.3 Å². The second-order valence-corrected chi connectivity index (χ2v) is 9.22. The first-order valence-corrected chi connectivity index (χ1v) is 9.63. The third-order valence-corrected chi connectivity index (χ3v) is 4.77. The summed E-state index contributed by atoms with van der Waals surface area (Å²) in [5.74, 6) is 1.70. The molecule has 2 nitrogen and oxygen atoms in total. The number of ether oxygens (including phenoxy) is 2. The molecule has 0 aromatic heterocycles. The maximum Gasteiger partial charge on any atom is 0.241 e. The van der Waals surface area contributed by atoms with Gasteiger partial charge in [0.1, 0.15) is 11.5 Å². The minimum atomic E-state index is -1.31. The zero-order valence-electron chi connectivity index (χ0n) is 12.9. The number of rotatable bonds is 4. The first kappa shape index (κ1) is 20.7. The minimum Gasteiger partial charge on any atom is -0.497 e. The van der Waals surface area contributed by atoms with Crippen molar-refractivity contribution in [1.82, 2.24) is 0 Å². The average Bonchev–Trinajstić information content (AvgIpc) is 2.55. The molecular formula is C16H17Cl3O2S2. The molecule has 2 aromatic carbocycles. The fraction of sp³-hybridized carbons (Fsp3) is 0.250. The molecule has 23 heavy (non-hydrogen) atoms. The van der Waals surface area contributed by atoms with Crippen LogP contribution < -0.4 is 9.47 Å². The van der Waals surface area contributed by atoms with E-state index in [2.05, 4.69) is 6.26 Å². The van der Waals surface area contributed by atoms with Gasteiger partial charge in [-0.2, -0.15) is 0 Å². The Morgan fingerprint density at radius 2 is 1.13 bits per heavy atom. The minimum absolute atomic E-state index is 0.786. The maximum atomic E-state index is 5.60. The Kier molecular flexibility index (Phi) is 9.40. The molecule has 0 aliphatic carbocycles. The quantitative estimate of drug-likeness (QED) is 0.322. The van der Waals surface area contributed by atoms with Gasteiger partial charge in [0.15, 0.2) is 0 Å². The highest BCUT2D eigenvalue weighted by molar-refractivity contribution is 8.04. The first-order chi connectivity index (χ1) is 10.9. The molecule has 126 valence electrons. The molecule has 0 saturated carbocycles. The summed E-state index contributed by atoms with van der Waals surface area (Å²) in [7, 11) is 3.28. The number of methoxy groups -OCH3 is 2. The molecule has 0 saturated heterocycles.